The van der Waals surface area contributed by atoms with Gasteiger partial charge < -0.3 is 20.4 Å². The van der Waals surface area contributed by atoms with E-state index in [0.717, 1.165) is 6.20 Å². The molecule has 9 nitrogen and oxygen atoms in total. The Bertz CT molecular complexity index is 1500. The van der Waals surface area contributed by atoms with E-state index in [1.807, 2.05) is 0 Å². The molecule has 36 heavy (non-hydrogen) atoms. The first kappa shape index (κ1) is 24.4. The fourth-order valence-corrected chi connectivity index (χ4v) is 3.37. The number of ether oxygens (including phenoxy) is 1. The number of alkyl halides is 3. The maximum absolute atomic E-state index is 12.9. The summed E-state index contributed by atoms with van der Waals surface area (Å²) in [6, 6.07) is 8.36. The number of esters is 1. The fourth-order valence-electron chi connectivity index (χ4n) is 3.37. The quantitative estimate of drug-likeness (QED) is 0.347. The predicted octanol–water partition coefficient (Wildman–Crippen LogP) is 4.58. The molecule has 12 heteroatoms. The van der Waals surface area contributed by atoms with Gasteiger partial charge in [0.05, 0.1) is 30.1 Å². The molecular weight excluding hydrogens is 479 g/mol. The lowest BCUT2D eigenvalue weighted by Crippen LogP contribution is -2.17. The molecule has 0 saturated heterocycles. The van der Waals surface area contributed by atoms with E-state index in [0.29, 0.717) is 34.5 Å². The number of amides is 2. The number of aryl methyl sites for hydroxylation is 1. The van der Waals surface area contributed by atoms with Gasteiger partial charge >= 0.3 is 12.1 Å². The minimum Gasteiger partial charge on any atom is -0.464 e. The molecule has 0 spiro atoms. The number of benzene rings is 1. The normalized spacial score (nSPS) is 11.2. The third-order valence-corrected chi connectivity index (χ3v) is 5.20. The standard InChI is InChI=1S/C24H18F3N5O4/c1-12-3-4-16(30-21(33)14-5-15(10-28-9-14)24(25,26)27)8-18(12)22(34)31-17-6-13-7-19(23(35)36-2)32-20(13)29-11-17/h3-11H,1-2H3,(H,29,32)(H,30,33)(H,31,34). The van der Waals surface area contributed by atoms with Crippen molar-refractivity contribution in [2.75, 3.05) is 17.7 Å². The number of nitrogens with zero attached hydrogens (tertiary/aromatic N) is 2. The number of hydrogen-bond acceptors (Lipinski definition) is 6. The monoisotopic (exact) mass is 497 g/mol. The zero-order valence-corrected chi connectivity index (χ0v) is 18.9. The summed E-state index contributed by atoms with van der Waals surface area (Å²) in [4.78, 5) is 47.6. The van der Waals surface area contributed by atoms with Crippen molar-refractivity contribution < 1.29 is 32.3 Å². The van der Waals surface area contributed by atoms with Crippen LogP contribution in [0.4, 0.5) is 24.5 Å². The van der Waals surface area contributed by atoms with Gasteiger partial charge in [0.15, 0.2) is 0 Å². The van der Waals surface area contributed by atoms with Crippen molar-refractivity contribution in [3.63, 3.8) is 0 Å². The SMILES string of the molecule is COC(=O)c1cc2cc(NC(=O)c3cc(NC(=O)c4cncc(C(F)(F)F)c4)ccc3C)cnc2[nH]1. The highest BCUT2D eigenvalue weighted by molar-refractivity contribution is 6.08. The number of hydrogen-bond donors (Lipinski definition) is 3. The van der Waals surface area contributed by atoms with E-state index in [4.69, 9.17) is 0 Å². The van der Waals surface area contributed by atoms with Crippen molar-refractivity contribution in [2.45, 2.75) is 13.1 Å². The number of pyridine rings is 2. The Kier molecular flexibility index (Phi) is 6.43. The number of carbonyl (C=O) groups excluding carboxylic acids is 3. The van der Waals surface area contributed by atoms with Gasteiger partial charge in [0, 0.05) is 29.0 Å². The van der Waals surface area contributed by atoms with Gasteiger partial charge in [-0.15, -0.1) is 0 Å². The molecule has 1 aromatic carbocycles. The number of aromatic amines is 1. The molecule has 0 radical (unpaired) electrons. The Morgan fingerprint density at radius 1 is 0.944 bits per heavy atom. The highest BCUT2D eigenvalue weighted by Gasteiger charge is 2.31. The number of anilines is 2. The molecule has 3 N–H and O–H groups in total. The largest absolute Gasteiger partial charge is 0.464 e. The smallest absolute Gasteiger partial charge is 0.417 e. The maximum atomic E-state index is 12.9. The van der Waals surface area contributed by atoms with Crippen molar-refractivity contribution in [2.24, 2.45) is 0 Å². The van der Waals surface area contributed by atoms with Crippen LogP contribution in [0.3, 0.4) is 0 Å². The number of nitrogens with one attached hydrogen (secondary N) is 3. The van der Waals surface area contributed by atoms with Crippen LogP contribution in [-0.4, -0.2) is 39.8 Å². The van der Waals surface area contributed by atoms with Gasteiger partial charge in [-0.05, 0) is 42.8 Å². The fraction of sp³-hybridized carbons (Fsp3) is 0.125. The van der Waals surface area contributed by atoms with E-state index in [1.165, 1.54) is 31.5 Å². The summed E-state index contributed by atoms with van der Waals surface area (Å²) in [5.74, 6) is -1.88. The van der Waals surface area contributed by atoms with Gasteiger partial charge in [0.25, 0.3) is 11.8 Å². The van der Waals surface area contributed by atoms with Crippen molar-refractivity contribution >= 4 is 40.2 Å². The van der Waals surface area contributed by atoms with E-state index in [2.05, 4.69) is 30.3 Å². The molecule has 0 aliphatic rings. The maximum Gasteiger partial charge on any atom is 0.417 e. The van der Waals surface area contributed by atoms with E-state index in [-0.39, 0.29) is 22.5 Å². The molecule has 3 aromatic heterocycles. The van der Waals surface area contributed by atoms with E-state index in [1.54, 1.807) is 19.1 Å². The second kappa shape index (κ2) is 9.49. The molecule has 0 fully saturated rings. The van der Waals surface area contributed by atoms with Gasteiger partial charge in [0.1, 0.15) is 11.3 Å². The van der Waals surface area contributed by atoms with Crippen LogP contribution in [0.1, 0.15) is 42.3 Å². The average Bonchev–Trinajstić information content (AvgIpc) is 3.27. The van der Waals surface area contributed by atoms with Gasteiger partial charge in [-0.1, -0.05) is 6.07 Å². The van der Waals surface area contributed by atoms with Crippen LogP contribution in [0.2, 0.25) is 0 Å². The Labute approximate surface area is 201 Å². The molecule has 0 bridgehead atoms. The first-order chi connectivity index (χ1) is 17.0. The first-order valence-electron chi connectivity index (χ1n) is 10.4. The minimum atomic E-state index is -4.64. The molecule has 184 valence electrons. The van der Waals surface area contributed by atoms with Crippen molar-refractivity contribution in [3.8, 4) is 0 Å². The van der Waals surface area contributed by atoms with Crippen LogP contribution in [0, 0.1) is 6.92 Å². The molecule has 0 atom stereocenters. The lowest BCUT2D eigenvalue weighted by atomic mass is 10.1. The third kappa shape index (κ3) is 5.17. The summed E-state index contributed by atoms with van der Waals surface area (Å²) in [6.07, 6.45) is -1.60. The van der Waals surface area contributed by atoms with Crippen LogP contribution in [0.5, 0.6) is 0 Å². The van der Waals surface area contributed by atoms with Crippen molar-refractivity contribution in [3.05, 3.63) is 82.9 Å². The van der Waals surface area contributed by atoms with Crippen LogP contribution in [0.15, 0.2) is 55.0 Å². The number of fused-ring (bicyclic) bond motifs is 1. The molecule has 4 aromatic rings. The molecule has 0 aliphatic carbocycles. The van der Waals surface area contributed by atoms with Crippen LogP contribution in [-0.2, 0) is 10.9 Å². The Hall–Kier alpha value is -4.74. The van der Waals surface area contributed by atoms with Gasteiger partial charge in [-0.3, -0.25) is 14.6 Å². The Balaban J connectivity index is 1.52. The number of carbonyl (C=O) groups is 3. The van der Waals surface area contributed by atoms with E-state index < -0.39 is 29.5 Å². The summed E-state index contributed by atoms with van der Waals surface area (Å²) >= 11 is 0. The second-order valence-electron chi connectivity index (χ2n) is 7.73. The van der Waals surface area contributed by atoms with Crippen LogP contribution >= 0.6 is 0 Å². The topological polar surface area (TPSA) is 126 Å². The predicted molar refractivity (Wildman–Crippen MR) is 124 cm³/mol. The highest BCUT2D eigenvalue weighted by Crippen LogP contribution is 2.29. The van der Waals surface area contributed by atoms with Gasteiger partial charge in [0.2, 0.25) is 0 Å². The number of rotatable bonds is 5. The average molecular weight is 497 g/mol. The van der Waals surface area contributed by atoms with E-state index >= 15 is 0 Å². The zero-order chi connectivity index (χ0) is 26.0. The molecule has 0 unspecified atom stereocenters. The van der Waals surface area contributed by atoms with Crippen molar-refractivity contribution in [1.82, 2.24) is 15.0 Å². The van der Waals surface area contributed by atoms with Gasteiger partial charge in [-0.25, -0.2) is 9.78 Å². The number of methoxy groups -OCH3 is 1. The van der Waals surface area contributed by atoms with Gasteiger partial charge in [-0.2, -0.15) is 13.2 Å². The van der Waals surface area contributed by atoms with Crippen LogP contribution in [0.25, 0.3) is 11.0 Å². The Morgan fingerprint density at radius 3 is 2.42 bits per heavy atom. The molecule has 3 heterocycles. The summed E-state index contributed by atoms with van der Waals surface area (Å²) in [7, 11) is 1.25. The summed E-state index contributed by atoms with van der Waals surface area (Å²) in [5, 5.41) is 5.75. The third-order valence-electron chi connectivity index (χ3n) is 5.20. The zero-order valence-electron chi connectivity index (χ0n) is 18.9. The summed E-state index contributed by atoms with van der Waals surface area (Å²) in [5.41, 5.74) is 0.674. The summed E-state index contributed by atoms with van der Waals surface area (Å²) < 4.78 is 43.4. The highest BCUT2D eigenvalue weighted by atomic mass is 19.4. The number of H-pyrrole nitrogens is 1. The molecule has 0 aliphatic heterocycles. The second-order valence-corrected chi connectivity index (χ2v) is 7.73. The summed E-state index contributed by atoms with van der Waals surface area (Å²) in [6.45, 7) is 1.69. The minimum absolute atomic E-state index is 0.204. The molecular formula is C24H18F3N5O4. The first-order valence-corrected chi connectivity index (χ1v) is 10.4. The van der Waals surface area contributed by atoms with Crippen LogP contribution < -0.4 is 10.6 Å². The molecule has 2 amide bonds. The van der Waals surface area contributed by atoms with E-state index in [9.17, 15) is 27.6 Å². The molecule has 4 rings (SSSR count). The lowest BCUT2D eigenvalue weighted by molar-refractivity contribution is -0.137. The molecule has 0 saturated carbocycles. The number of halogens is 3. The lowest BCUT2D eigenvalue weighted by Gasteiger charge is -2.12. The van der Waals surface area contributed by atoms with Crippen molar-refractivity contribution in [1.29, 1.82) is 0 Å². The Morgan fingerprint density at radius 2 is 1.69 bits per heavy atom. The number of aromatic nitrogens is 3.